The quantitative estimate of drug-likeness (QED) is 0.415. The lowest BCUT2D eigenvalue weighted by molar-refractivity contribution is 0.0513. The molecule has 30 heavy (non-hydrogen) atoms. The van der Waals surface area contributed by atoms with Crippen molar-refractivity contribution in [2.75, 3.05) is 23.8 Å². The van der Waals surface area contributed by atoms with E-state index in [-0.39, 0.29) is 6.61 Å². The molecule has 0 amide bonds. The molecule has 2 aromatic carbocycles. The van der Waals surface area contributed by atoms with Crippen LogP contribution in [0.25, 0.3) is 0 Å². The summed E-state index contributed by atoms with van der Waals surface area (Å²) in [5.41, 5.74) is 1.97. The lowest BCUT2D eigenvalue weighted by atomic mass is 10.1. The molecule has 1 atom stereocenters. The van der Waals surface area contributed by atoms with E-state index >= 15 is 0 Å². The van der Waals surface area contributed by atoms with E-state index in [9.17, 15) is 4.79 Å². The zero-order valence-corrected chi connectivity index (χ0v) is 17.8. The number of thiocarbonyl (C=S) groups is 1. The first kappa shape index (κ1) is 20.2. The van der Waals surface area contributed by atoms with Crippen LogP contribution in [-0.4, -0.2) is 24.3 Å². The van der Waals surface area contributed by atoms with Gasteiger partial charge in [0.2, 0.25) is 0 Å². The van der Waals surface area contributed by atoms with Crippen molar-refractivity contribution in [2.24, 2.45) is 0 Å². The molecule has 0 saturated carbocycles. The first-order chi connectivity index (χ1) is 14.7. The molecule has 4 rings (SSSR count). The number of carbonyl (C=O) groups excluding carboxylic acids is 1. The minimum absolute atomic E-state index is 0.269. The van der Waals surface area contributed by atoms with Crippen molar-refractivity contribution in [1.29, 1.82) is 0 Å². The molecule has 1 aliphatic heterocycles. The average molecular weight is 441 g/mol. The number of benzene rings is 2. The summed E-state index contributed by atoms with van der Waals surface area (Å²) < 4.78 is 17.2. The zero-order valence-electron chi connectivity index (χ0n) is 16.2. The number of para-hydroxylation sites is 3. The topological polar surface area (TPSA) is 68.8 Å². The van der Waals surface area contributed by atoms with Crippen molar-refractivity contribution < 1.29 is 19.0 Å². The van der Waals surface area contributed by atoms with Crippen LogP contribution in [0.15, 0.2) is 60.0 Å². The normalized spacial score (nSPS) is 14.6. The lowest BCUT2D eigenvalue weighted by Crippen LogP contribution is -2.24. The maximum absolute atomic E-state index is 12.8. The third-order valence-corrected chi connectivity index (χ3v) is 5.53. The van der Waals surface area contributed by atoms with Gasteiger partial charge in [-0.05, 0) is 43.4 Å². The third kappa shape index (κ3) is 4.39. The molecule has 1 aliphatic rings. The van der Waals surface area contributed by atoms with Crippen molar-refractivity contribution in [3.63, 3.8) is 0 Å². The number of ether oxygens (including phenoxy) is 3. The number of fused-ring (bicyclic) bond motifs is 1. The predicted molar refractivity (Wildman–Crippen MR) is 122 cm³/mol. The Kier molecular flexibility index (Phi) is 6.15. The van der Waals surface area contributed by atoms with Gasteiger partial charge >= 0.3 is 5.97 Å². The van der Waals surface area contributed by atoms with Gasteiger partial charge in [0.1, 0.15) is 17.2 Å². The Morgan fingerprint density at radius 3 is 2.63 bits per heavy atom. The molecule has 6 nitrogen and oxygen atoms in total. The number of hydrogen-bond donors (Lipinski definition) is 2. The lowest BCUT2D eigenvalue weighted by Gasteiger charge is -2.26. The highest BCUT2D eigenvalue weighted by molar-refractivity contribution is 7.80. The molecule has 2 heterocycles. The smallest absolute Gasteiger partial charge is 0.341 e. The summed E-state index contributed by atoms with van der Waals surface area (Å²) in [4.78, 5) is 12.8. The Hall–Kier alpha value is -3.10. The Morgan fingerprint density at radius 1 is 1.13 bits per heavy atom. The van der Waals surface area contributed by atoms with E-state index in [0.717, 1.165) is 5.69 Å². The van der Waals surface area contributed by atoms with Gasteiger partial charge in [0, 0.05) is 16.6 Å². The largest absolute Gasteiger partial charge is 0.485 e. The number of anilines is 2. The maximum Gasteiger partial charge on any atom is 0.341 e. The summed E-state index contributed by atoms with van der Waals surface area (Å²) in [6.45, 7) is 2.34. The first-order valence-corrected chi connectivity index (χ1v) is 10.7. The predicted octanol–water partition coefficient (Wildman–Crippen LogP) is 5.25. The van der Waals surface area contributed by atoms with E-state index in [0.29, 0.717) is 39.3 Å². The van der Waals surface area contributed by atoms with Gasteiger partial charge in [-0.15, -0.1) is 11.3 Å². The van der Waals surface area contributed by atoms with Crippen molar-refractivity contribution >= 4 is 45.3 Å². The van der Waals surface area contributed by atoms with E-state index in [1.165, 1.54) is 11.3 Å². The fraction of sp³-hybridized carbons (Fsp3) is 0.182. The number of rotatable bonds is 5. The Morgan fingerprint density at radius 2 is 1.87 bits per heavy atom. The SMILES string of the molecule is CCOC(=O)c1c(C2COc3ccccc3O2)csc1NC(=S)Nc1ccccc1. The van der Waals surface area contributed by atoms with E-state index in [1.807, 2.05) is 60.0 Å². The molecule has 1 aromatic heterocycles. The highest BCUT2D eigenvalue weighted by Crippen LogP contribution is 2.40. The molecule has 0 saturated heterocycles. The van der Waals surface area contributed by atoms with Crippen LogP contribution in [0.2, 0.25) is 0 Å². The van der Waals surface area contributed by atoms with Crippen LogP contribution in [0.4, 0.5) is 10.7 Å². The molecule has 0 radical (unpaired) electrons. The molecule has 0 spiro atoms. The van der Waals surface area contributed by atoms with Crippen LogP contribution < -0.4 is 20.1 Å². The second-order valence-corrected chi connectivity index (χ2v) is 7.71. The Labute approximate surface area is 183 Å². The average Bonchev–Trinajstić information content (AvgIpc) is 3.17. The van der Waals surface area contributed by atoms with Crippen LogP contribution in [0.3, 0.4) is 0 Å². The van der Waals surface area contributed by atoms with E-state index < -0.39 is 12.1 Å². The number of hydrogen-bond acceptors (Lipinski definition) is 6. The summed E-state index contributed by atoms with van der Waals surface area (Å²) in [6.07, 6.45) is -0.429. The summed E-state index contributed by atoms with van der Waals surface area (Å²) in [5, 5.41) is 9.08. The van der Waals surface area contributed by atoms with E-state index in [4.69, 9.17) is 26.4 Å². The molecule has 0 bridgehead atoms. The highest BCUT2D eigenvalue weighted by atomic mass is 32.1. The Bertz CT molecular complexity index is 1050. The summed E-state index contributed by atoms with van der Waals surface area (Å²) in [6, 6.07) is 17.0. The molecule has 0 aliphatic carbocycles. The van der Waals surface area contributed by atoms with Gasteiger partial charge in [-0.2, -0.15) is 0 Å². The monoisotopic (exact) mass is 440 g/mol. The second kappa shape index (κ2) is 9.15. The van der Waals surface area contributed by atoms with Gasteiger partial charge in [-0.3, -0.25) is 0 Å². The fourth-order valence-electron chi connectivity index (χ4n) is 3.07. The van der Waals surface area contributed by atoms with E-state index in [1.54, 1.807) is 6.92 Å². The van der Waals surface area contributed by atoms with Crippen LogP contribution in [0, 0.1) is 0 Å². The molecule has 2 N–H and O–H groups in total. The minimum atomic E-state index is -0.429. The third-order valence-electron chi connectivity index (χ3n) is 4.41. The fourth-order valence-corrected chi connectivity index (χ4v) is 4.35. The van der Waals surface area contributed by atoms with Gasteiger partial charge in [0.15, 0.2) is 22.7 Å². The van der Waals surface area contributed by atoms with Crippen LogP contribution >= 0.6 is 23.6 Å². The van der Waals surface area contributed by atoms with Gasteiger partial charge < -0.3 is 24.8 Å². The minimum Gasteiger partial charge on any atom is -0.485 e. The molecule has 154 valence electrons. The molecular weight excluding hydrogens is 420 g/mol. The number of nitrogens with one attached hydrogen (secondary N) is 2. The van der Waals surface area contributed by atoms with Gasteiger partial charge in [0.25, 0.3) is 0 Å². The van der Waals surface area contributed by atoms with Crippen molar-refractivity contribution in [3.8, 4) is 11.5 Å². The molecule has 3 aromatic rings. The van der Waals surface area contributed by atoms with Crippen LogP contribution in [-0.2, 0) is 4.74 Å². The Balaban J connectivity index is 1.58. The first-order valence-electron chi connectivity index (χ1n) is 9.45. The molecule has 1 unspecified atom stereocenters. The van der Waals surface area contributed by atoms with Crippen LogP contribution in [0.1, 0.15) is 28.9 Å². The van der Waals surface area contributed by atoms with Gasteiger partial charge in [0.05, 0.1) is 6.61 Å². The van der Waals surface area contributed by atoms with Crippen molar-refractivity contribution in [3.05, 3.63) is 71.1 Å². The van der Waals surface area contributed by atoms with Crippen LogP contribution in [0.5, 0.6) is 11.5 Å². The zero-order chi connectivity index (χ0) is 20.9. The second-order valence-electron chi connectivity index (χ2n) is 6.43. The summed E-state index contributed by atoms with van der Waals surface area (Å²) in [5.74, 6) is 0.903. The van der Waals surface area contributed by atoms with E-state index in [2.05, 4.69) is 10.6 Å². The summed E-state index contributed by atoms with van der Waals surface area (Å²) >= 11 is 6.79. The highest BCUT2D eigenvalue weighted by Gasteiger charge is 2.30. The molecule has 8 heteroatoms. The number of carbonyl (C=O) groups is 1. The number of esters is 1. The maximum atomic E-state index is 12.8. The van der Waals surface area contributed by atoms with Gasteiger partial charge in [-0.1, -0.05) is 30.3 Å². The standard InChI is InChI=1S/C22H20N2O4S2/c1-2-26-21(25)19-15(18-12-27-16-10-6-7-11-17(16)28-18)13-30-20(19)24-22(29)23-14-8-4-3-5-9-14/h3-11,13,18H,2,12H2,1H3,(H2,23,24,29). The number of thiophene rings is 1. The summed E-state index contributed by atoms with van der Waals surface area (Å²) in [7, 11) is 0. The molecule has 0 fully saturated rings. The van der Waals surface area contributed by atoms with Crippen molar-refractivity contribution in [2.45, 2.75) is 13.0 Å². The van der Waals surface area contributed by atoms with Crippen molar-refractivity contribution in [1.82, 2.24) is 0 Å². The molecular formula is C22H20N2O4S2. The van der Waals surface area contributed by atoms with Gasteiger partial charge in [-0.25, -0.2) is 4.79 Å².